The predicted molar refractivity (Wildman–Crippen MR) is 132 cm³/mol. The highest BCUT2D eigenvalue weighted by Gasteiger charge is 2.57. The molecule has 1 N–H and O–H groups in total. The zero-order chi connectivity index (χ0) is 26.3. The molecule has 4 atom stereocenters. The third-order valence-electron chi connectivity index (χ3n) is 6.29. The van der Waals surface area contributed by atoms with Crippen molar-refractivity contribution < 1.29 is 28.6 Å². The fourth-order valence-electron chi connectivity index (χ4n) is 4.68. The van der Waals surface area contributed by atoms with E-state index >= 15 is 4.39 Å². The van der Waals surface area contributed by atoms with Gasteiger partial charge in [0.2, 0.25) is 5.28 Å². The molecule has 3 unspecified atom stereocenters. The number of carboxylic acid groups (broad SMARTS) is 1. The minimum Gasteiger partial charge on any atom is -0.478 e. The normalized spacial score (nSPS) is 23.3. The summed E-state index contributed by atoms with van der Waals surface area (Å²) in [6.45, 7) is 0.946. The lowest BCUT2D eigenvalue weighted by Gasteiger charge is -2.29. The van der Waals surface area contributed by atoms with Gasteiger partial charge in [-0.05, 0) is 42.3 Å². The Morgan fingerprint density at radius 3 is 2.57 bits per heavy atom. The molecule has 1 aliphatic rings. The summed E-state index contributed by atoms with van der Waals surface area (Å²) in [5.41, 5.74) is -1.49. The lowest BCUT2D eigenvalue weighted by molar-refractivity contribution is -0.0601. The molecule has 1 aliphatic heterocycles. The van der Waals surface area contributed by atoms with E-state index in [2.05, 4.69) is 15.0 Å². The quantitative estimate of drug-likeness (QED) is 0.202. The lowest BCUT2D eigenvalue weighted by atomic mass is 9.80. The van der Waals surface area contributed by atoms with Crippen molar-refractivity contribution in [3.63, 3.8) is 0 Å². The Labute approximate surface area is 219 Å². The summed E-state index contributed by atoms with van der Waals surface area (Å²) in [6.07, 6.45) is -1.10. The average molecular weight is 545 g/mol. The summed E-state index contributed by atoms with van der Waals surface area (Å²) >= 11 is 12.1. The number of aromatic carboxylic acids is 1. The number of nitrogens with zero attached hydrogens (tertiary/aromatic N) is 4. The smallest absolute Gasteiger partial charge is 0.338 e. The van der Waals surface area contributed by atoms with E-state index in [1.165, 1.54) is 30.0 Å². The zero-order valence-corrected chi connectivity index (χ0v) is 20.7. The number of hydrogen-bond acceptors (Lipinski definition) is 7. The molecular weight excluding hydrogens is 526 g/mol. The fraction of sp³-hybridized carbons (Fsp3) is 0.240. The van der Waals surface area contributed by atoms with Gasteiger partial charge in [-0.1, -0.05) is 48.0 Å². The summed E-state index contributed by atoms with van der Waals surface area (Å²) < 4.78 is 29.8. The van der Waals surface area contributed by atoms with Gasteiger partial charge in [0.1, 0.15) is 18.2 Å². The highest BCUT2D eigenvalue weighted by atomic mass is 35.5. The molecule has 1 saturated heterocycles. The van der Waals surface area contributed by atoms with Gasteiger partial charge in [0, 0.05) is 0 Å². The number of aromatic nitrogens is 4. The third kappa shape index (κ3) is 4.52. The van der Waals surface area contributed by atoms with Gasteiger partial charge in [-0.2, -0.15) is 4.98 Å². The molecule has 0 saturated carbocycles. The van der Waals surface area contributed by atoms with Crippen LogP contribution in [0.4, 0.5) is 4.39 Å². The molecule has 37 heavy (non-hydrogen) atoms. The topological polar surface area (TPSA) is 116 Å². The number of rotatable bonds is 6. The molecule has 2 aromatic carbocycles. The molecule has 1 fully saturated rings. The van der Waals surface area contributed by atoms with Crippen LogP contribution >= 0.6 is 23.2 Å². The first-order chi connectivity index (χ1) is 17.7. The Morgan fingerprint density at radius 2 is 1.84 bits per heavy atom. The van der Waals surface area contributed by atoms with E-state index in [4.69, 9.17) is 32.7 Å². The van der Waals surface area contributed by atoms with Crippen LogP contribution in [0.1, 0.15) is 45.3 Å². The van der Waals surface area contributed by atoms with E-state index in [1.807, 2.05) is 0 Å². The van der Waals surface area contributed by atoms with Crippen LogP contribution in [0.2, 0.25) is 10.4 Å². The predicted octanol–water partition coefficient (Wildman–Crippen LogP) is 5.10. The van der Waals surface area contributed by atoms with Crippen molar-refractivity contribution in [1.82, 2.24) is 19.5 Å². The molecular formula is C25H19Cl2FN4O5. The molecule has 9 nitrogen and oxygen atoms in total. The van der Waals surface area contributed by atoms with Crippen molar-refractivity contribution >= 4 is 46.3 Å². The number of alkyl halides is 1. The zero-order valence-electron chi connectivity index (χ0n) is 19.2. The number of carbonyl (C=O) groups is 2. The van der Waals surface area contributed by atoms with E-state index in [9.17, 15) is 14.7 Å². The second-order valence-electron chi connectivity index (χ2n) is 8.62. The molecule has 0 spiro atoms. The molecule has 5 rings (SSSR count). The van der Waals surface area contributed by atoms with Gasteiger partial charge in [0.05, 0.1) is 23.4 Å². The van der Waals surface area contributed by atoms with Gasteiger partial charge >= 0.3 is 11.9 Å². The van der Waals surface area contributed by atoms with E-state index in [-0.39, 0.29) is 39.3 Å². The highest BCUT2D eigenvalue weighted by Crippen LogP contribution is 2.52. The third-order valence-corrected chi connectivity index (χ3v) is 6.72. The van der Waals surface area contributed by atoms with Gasteiger partial charge in [-0.15, -0.1) is 0 Å². The molecule has 0 bridgehead atoms. The van der Waals surface area contributed by atoms with Gasteiger partial charge in [0.15, 0.2) is 22.7 Å². The number of benzene rings is 2. The summed E-state index contributed by atoms with van der Waals surface area (Å²) in [6, 6.07) is 14.4. The van der Waals surface area contributed by atoms with Crippen LogP contribution in [-0.2, 0) is 9.47 Å². The van der Waals surface area contributed by atoms with Crippen molar-refractivity contribution in [1.29, 1.82) is 0 Å². The minimum absolute atomic E-state index is 0.0200. The van der Waals surface area contributed by atoms with Crippen molar-refractivity contribution in [2.45, 2.75) is 30.8 Å². The van der Waals surface area contributed by atoms with Crippen LogP contribution < -0.4 is 0 Å². The maximum atomic E-state index is 16.8. The number of imidazole rings is 1. The first-order valence-corrected chi connectivity index (χ1v) is 11.9. The number of esters is 1. The van der Waals surface area contributed by atoms with Crippen LogP contribution in [0.15, 0.2) is 60.9 Å². The Hall–Kier alpha value is -3.60. The van der Waals surface area contributed by atoms with E-state index in [1.54, 1.807) is 42.5 Å². The maximum Gasteiger partial charge on any atom is 0.338 e. The Balaban J connectivity index is 1.57. The van der Waals surface area contributed by atoms with Gasteiger partial charge in [-0.3, -0.25) is 4.57 Å². The molecule has 0 amide bonds. The Bertz CT molecular complexity index is 1500. The first-order valence-electron chi connectivity index (χ1n) is 11.1. The van der Waals surface area contributed by atoms with Gasteiger partial charge < -0.3 is 14.6 Å². The molecule has 12 heteroatoms. The van der Waals surface area contributed by atoms with Crippen LogP contribution in [0.25, 0.3) is 11.2 Å². The Kier molecular flexibility index (Phi) is 6.57. The van der Waals surface area contributed by atoms with Crippen molar-refractivity contribution in [3.05, 3.63) is 88.1 Å². The van der Waals surface area contributed by atoms with Gasteiger partial charge in [-0.25, -0.2) is 23.9 Å². The maximum absolute atomic E-state index is 16.8. The van der Waals surface area contributed by atoms with Crippen molar-refractivity contribution in [2.24, 2.45) is 0 Å². The number of fused-ring (bicyclic) bond motifs is 1. The van der Waals surface area contributed by atoms with Crippen LogP contribution in [0.5, 0.6) is 0 Å². The summed E-state index contributed by atoms with van der Waals surface area (Å²) in [5, 5.41) is 9.60. The van der Waals surface area contributed by atoms with E-state index in [0.717, 1.165) is 0 Å². The standard InChI is InChI=1S/C25H19Cl2FN4O5/c1-25(28)17(14-9-5-6-10-15(14)21(33)34)16(11-36-22(35)13-7-3-2-4-8-13)37-23(25)32-12-29-18-19(26)30-24(27)31-20(18)32/h2-10,12,16-17,23H,11H2,1H3,(H,33,34)/t16-,17?,23?,25?/m0/s1. The number of halogens is 3. The largest absolute Gasteiger partial charge is 0.478 e. The number of ether oxygens (including phenoxy) is 2. The van der Waals surface area contributed by atoms with Gasteiger partial charge in [0.25, 0.3) is 0 Å². The first kappa shape index (κ1) is 25.1. The monoisotopic (exact) mass is 544 g/mol. The van der Waals surface area contributed by atoms with Crippen LogP contribution in [0.3, 0.4) is 0 Å². The number of hydrogen-bond donors (Lipinski definition) is 1. The minimum atomic E-state index is -2.22. The SMILES string of the molecule is CC1(F)C(c2ccccc2C(=O)O)[C@H](COC(=O)c2ccccc2)OC1n1cnc2c(Cl)nc(Cl)nc21. The summed E-state index contributed by atoms with van der Waals surface area (Å²) in [4.78, 5) is 36.8. The lowest BCUT2D eigenvalue weighted by Crippen LogP contribution is -2.35. The molecule has 2 aromatic heterocycles. The second-order valence-corrected chi connectivity index (χ2v) is 9.32. The molecule has 190 valence electrons. The van der Waals surface area contributed by atoms with Crippen LogP contribution in [0, 0.1) is 0 Å². The summed E-state index contributed by atoms with van der Waals surface area (Å²) in [7, 11) is 0. The molecule has 3 heterocycles. The number of carboxylic acids is 1. The fourth-order valence-corrected chi connectivity index (χ4v) is 5.10. The van der Waals surface area contributed by atoms with Crippen molar-refractivity contribution in [2.75, 3.05) is 6.61 Å². The summed E-state index contributed by atoms with van der Waals surface area (Å²) in [5.74, 6) is -2.99. The highest BCUT2D eigenvalue weighted by molar-refractivity contribution is 6.35. The van der Waals surface area contributed by atoms with E-state index in [0.29, 0.717) is 5.56 Å². The molecule has 0 aliphatic carbocycles. The van der Waals surface area contributed by atoms with Crippen LogP contribution in [-0.4, -0.2) is 54.9 Å². The molecule has 0 radical (unpaired) electrons. The van der Waals surface area contributed by atoms with Crippen molar-refractivity contribution in [3.8, 4) is 0 Å². The second kappa shape index (κ2) is 9.70. The average Bonchev–Trinajstić information content (AvgIpc) is 3.40. The molecule has 4 aromatic rings. The Morgan fingerprint density at radius 1 is 1.14 bits per heavy atom. The van der Waals surface area contributed by atoms with E-state index < -0.39 is 35.9 Å². The number of carbonyl (C=O) groups excluding carboxylic acids is 1.